The van der Waals surface area contributed by atoms with E-state index in [9.17, 15) is 0 Å². The molecule has 0 saturated heterocycles. The minimum Gasteiger partial charge on any atom is -0.488 e. The summed E-state index contributed by atoms with van der Waals surface area (Å²) in [6.45, 7) is 4.98. The van der Waals surface area contributed by atoms with Crippen LogP contribution in [-0.4, -0.2) is 4.98 Å². The third kappa shape index (κ3) is 2.55. The molecule has 0 aliphatic carbocycles. The zero-order valence-corrected chi connectivity index (χ0v) is 11.9. The molecule has 2 nitrogen and oxygen atoms in total. The van der Waals surface area contributed by atoms with E-state index in [-0.39, 0.29) is 0 Å². The van der Waals surface area contributed by atoms with Gasteiger partial charge in [-0.15, -0.1) is 0 Å². The molecular formula is C18H19NO. The number of aromatic amines is 1. The zero-order chi connectivity index (χ0) is 13.9. The maximum atomic E-state index is 5.98. The van der Waals surface area contributed by atoms with E-state index in [4.69, 9.17) is 4.74 Å². The normalized spacial score (nSPS) is 11.2. The Balaban J connectivity index is 1.87. The van der Waals surface area contributed by atoms with Crippen LogP contribution in [0.2, 0.25) is 0 Å². The van der Waals surface area contributed by atoms with Crippen LogP contribution >= 0.6 is 0 Å². The van der Waals surface area contributed by atoms with Crippen molar-refractivity contribution in [3.8, 4) is 5.75 Å². The fraction of sp³-hybridized carbons (Fsp3) is 0.222. The number of ether oxygens (including phenoxy) is 1. The molecule has 0 saturated carbocycles. The van der Waals surface area contributed by atoms with Crippen molar-refractivity contribution < 1.29 is 4.74 Å². The highest BCUT2D eigenvalue weighted by molar-refractivity contribution is 5.86. The van der Waals surface area contributed by atoms with Gasteiger partial charge in [-0.25, -0.2) is 0 Å². The quantitative estimate of drug-likeness (QED) is 0.715. The van der Waals surface area contributed by atoms with Crippen molar-refractivity contribution in [3.05, 3.63) is 65.9 Å². The highest BCUT2D eigenvalue weighted by Gasteiger charge is 2.08. The number of hydrogen-bond acceptors (Lipinski definition) is 1. The van der Waals surface area contributed by atoms with E-state index in [1.54, 1.807) is 0 Å². The minimum atomic E-state index is 0.490. The lowest BCUT2D eigenvalue weighted by atomic mass is 10.1. The van der Waals surface area contributed by atoms with E-state index < -0.39 is 0 Å². The number of H-pyrrole nitrogens is 1. The Hall–Kier alpha value is -2.22. The molecule has 0 unspecified atom stereocenters. The number of hydrogen-bond donors (Lipinski definition) is 1. The van der Waals surface area contributed by atoms with Crippen LogP contribution in [0.5, 0.6) is 5.75 Å². The summed E-state index contributed by atoms with van der Waals surface area (Å²) in [5, 5.41) is 1.16. The topological polar surface area (TPSA) is 25.0 Å². The summed E-state index contributed by atoms with van der Waals surface area (Å²) in [6.07, 6.45) is 0. The molecule has 20 heavy (non-hydrogen) atoms. The van der Waals surface area contributed by atoms with E-state index in [1.165, 1.54) is 11.3 Å². The third-order valence-electron chi connectivity index (χ3n) is 3.50. The van der Waals surface area contributed by atoms with Gasteiger partial charge in [-0.2, -0.15) is 0 Å². The number of benzene rings is 2. The first-order chi connectivity index (χ1) is 9.74. The van der Waals surface area contributed by atoms with Crippen LogP contribution in [0.1, 0.15) is 31.0 Å². The lowest BCUT2D eigenvalue weighted by Crippen LogP contribution is -1.94. The van der Waals surface area contributed by atoms with Gasteiger partial charge in [-0.3, -0.25) is 0 Å². The molecule has 0 fully saturated rings. The molecule has 1 heterocycles. The molecule has 3 aromatic rings. The fourth-order valence-electron chi connectivity index (χ4n) is 2.32. The van der Waals surface area contributed by atoms with Crippen LogP contribution in [-0.2, 0) is 6.61 Å². The summed E-state index contributed by atoms with van der Waals surface area (Å²) in [5.41, 5.74) is 3.57. The van der Waals surface area contributed by atoms with Crippen molar-refractivity contribution in [1.29, 1.82) is 0 Å². The number of fused-ring (bicyclic) bond motifs is 1. The molecule has 0 aliphatic rings. The summed E-state index contributed by atoms with van der Waals surface area (Å²) in [7, 11) is 0. The van der Waals surface area contributed by atoms with Crippen LogP contribution in [0.15, 0.2) is 54.6 Å². The molecule has 0 bridgehead atoms. The maximum absolute atomic E-state index is 5.98. The second kappa shape index (κ2) is 5.41. The molecule has 0 atom stereocenters. The monoisotopic (exact) mass is 265 g/mol. The summed E-state index contributed by atoms with van der Waals surface area (Å²) < 4.78 is 5.98. The predicted octanol–water partition coefficient (Wildman–Crippen LogP) is 4.87. The van der Waals surface area contributed by atoms with Crippen LogP contribution in [0, 0.1) is 0 Å². The van der Waals surface area contributed by atoms with Crippen molar-refractivity contribution in [2.75, 3.05) is 0 Å². The predicted molar refractivity (Wildman–Crippen MR) is 83.2 cm³/mol. The first kappa shape index (κ1) is 12.8. The Morgan fingerprint density at radius 3 is 2.55 bits per heavy atom. The molecule has 2 heteroatoms. The Kier molecular flexibility index (Phi) is 3.46. The van der Waals surface area contributed by atoms with E-state index >= 15 is 0 Å². The molecule has 0 spiro atoms. The molecule has 2 aromatic carbocycles. The van der Waals surface area contributed by atoms with Gasteiger partial charge >= 0.3 is 0 Å². The average Bonchev–Trinajstić information content (AvgIpc) is 2.91. The van der Waals surface area contributed by atoms with E-state index in [0.717, 1.165) is 16.7 Å². The van der Waals surface area contributed by atoms with Crippen molar-refractivity contribution in [2.45, 2.75) is 26.4 Å². The first-order valence-corrected chi connectivity index (χ1v) is 7.02. The number of nitrogens with one attached hydrogen (secondary N) is 1. The van der Waals surface area contributed by atoms with E-state index in [0.29, 0.717) is 12.5 Å². The first-order valence-electron chi connectivity index (χ1n) is 7.02. The second-order valence-electron chi connectivity index (χ2n) is 5.37. The van der Waals surface area contributed by atoms with Gasteiger partial charge in [0.2, 0.25) is 0 Å². The fourth-order valence-corrected chi connectivity index (χ4v) is 2.32. The smallest absolute Gasteiger partial charge is 0.129 e. The highest BCUT2D eigenvalue weighted by Crippen LogP contribution is 2.29. The van der Waals surface area contributed by atoms with Gasteiger partial charge in [0.05, 0.1) is 0 Å². The van der Waals surface area contributed by atoms with E-state index in [2.05, 4.69) is 43.1 Å². The van der Waals surface area contributed by atoms with Gasteiger partial charge < -0.3 is 9.72 Å². The van der Waals surface area contributed by atoms with Gasteiger partial charge in [-0.1, -0.05) is 50.2 Å². The summed E-state index contributed by atoms with van der Waals surface area (Å²) in [4.78, 5) is 3.45. The number of aromatic nitrogens is 1. The second-order valence-corrected chi connectivity index (χ2v) is 5.37. The average molecular weight is 265 g/mol. The van der Waals surface area contributed by atoms with Crippen LogP contribution in [0.25, 0.3) is 10.9 Å². The van der Waals surface area contributed by atoms with Gasteiger partial charge in [0.1, 0.15) is 12.4 Å². The van der Waals surface area contributed by atoms with Crippen LogP contribution in [0.3, 0.4) is 0 Å². The lowest BCUT2D eigenvalue weighted by molar-refractivity contribution is 0.310. The van der Waals surface area contributed by atoms with Gasteiger partial charge in [0.25, 0.3) is 0 Å². The Bertz CT molecular complexity index is 698. The number of rotatable bonds is 4. The highest BCUT2D eigenvalue weighted by atomic mass is 16.5. The van der Waals surface area contributed by atoms with Crippen molar-refractivity contribution >= 4 is 10.9 Å². The Morgan fingerprint density at radius 2 is 1.80 bits per heavy atom. The lowest BCUT2D eigenvalue weighted by Gasteiger charge is -2.07. The van der Waals surface area contributed by atoms with Gasteiger partial charge in [-0.05, 0) is 29.7 Å². The Morgan fingerprint density at radius 1 is 1.00 bits per heavy atom. The largest absolute Gasteiger partial charge is 0.488 e. The third-order valence-corrected chi connectivity index (χ3v) is 3.50. The molecule has 3 rings (SSSR count). The van der Waals surface area contributed by atoms with E-state index in [1.807, 2.05) is 30.3 Å². The van der Waals surface area contributed by atoms with Gasteiger partial charge in [0.15, 0.2) is 0 Å². The van der Waals surface area contributed by atoms with Crippen molar-refractivity contribution in [3.63, 3.8) is 0 Å². The molecule has 0 amide bonds. The molecule has 102 valence electrons. The summed E-state index contributed by atoms with van der Waals surface area (Å²) in [5.74, 6) is 1.43. The SMILES string of the molecule is CC(C)c1cc2c(OCc3ccccc3)cccc2[nH]1. The van der Waals surface area contributed by atoms with Crippen molar-refractivity contribution in [1.82, 2.24) is 4.98 Å². The standard InChI is InChI=1S/C18H19NO/c1-13(2)17-11-15-16(19-17)9-6-10-18(15)20-12-14-7-4-3-5-8-14/h3-11,13,19H,12H2,1-2H3. The maximum Gasteiger partial charge on any atom is 0.129 e. The zero-order valence-electron chi connectivity index (χ0n) is 11.9. The van der Waals surface area contributed by atoms with Crippen LogP contribution in [0.4, 0.5) is 0 Å². The summed E-state index contributed by atoms with van der Waals surface area (Å²) in [6, 6.07) is 18.6. The minimum absolute atomic E-state index is 0.490. The van der Waals surface area contributed by atoms with Crippen LogP contribution < -0.4 is 4.74 Å². The molecule has 0 radical (unpaired) electrons. The Labute approximate surface area is 119 Å². The molecule has 1 N–H and O–H groups in total. The molecule has 1 aromatic heterocycles. The summed E-state index contributed by atoms with van der Waals surface area (Å²) >= 11 is 0. The van der Waals surface area contributed by atoms with Crippen molar-refractivity contribution in [2.24, 2.45) is 0 Å². The van der Waals surface area contributed by atoms with Gasteiger partial charge in [0, 0.05) is 16.6 Å². The molecule has 0 aliphatic heterocycles. The molecular weight excluding hydrogens is 246 g/mol.